The maximum atomic E-state index is 12.0. The van der Waals surface area contributed by atoms with Crippen molar-refractivity contribution in [3.63, 3.8) is 0 Å². The maximum absolute atomic E-state index is 12.0. The van der Waals surface area contributed by atoms with Gasteiger partial charge in [-0.2, -0.15) is 0 Å². The van der Waals surface area contributed by atoms with Gasteiger partial charge < -0.3 is 14.6 Å². The van der Waals surface area contributed by atoms with Crippen LogP contribution in [0.25, 0.3) is 11.3 Å². The second kappa shape index (κ2) is 7.09. The number of carbonyl (C=O) groups is 1. The normalized spacial score (nSPS) is 10.4. The van der Waals surface area contributed by atoms with Crippen LogP contribution in [0.5, 0.6) is 5.75 Å². The zero-order valence-electron chi connectivity index (χ0n) is 13.0. The lowest BCUT2D eigenvalue weighted by Gasteiger charge is -2.00. The van der Waals surface area contributed by atoms with Gasteiger partial charge >= 0.3 is 5.00 Å². The molecule has 2 heterocycles. The smallest absolute Gasteiger partial charge is 0.345 e. The number of hydrogen-bond donors (Lipinski definition) is 1. The lowest BCUT2D eigenvalue weighted by Crippen LogP contribution is -2.14. The minimum absolute atomic E-state index is 0.0408. The van der Waals surface area contributed by atoms with E-state index >= 15 is 0 Å². The van der Waals surface area contributed by atoms with Crippen molar-refractivity contribution in [3.8, 4) is 17.1 Å². The Morgan fingerprint density at radius 3 is 3.00 bits per heavy atom. The molecule has 1 aromatic carbocycles. The summed E-state index contributed by atoms with van der Waals surface area (Å²) in [7, 11) is 1.57. The van der Waals surface area contributed by atoms with Crippen molar-refractivity contribution >= 4 is 27.4 Å². The molecule has 9 nitrogen and oxygen atoms in total. The Morgan fingerprint density at radius 2 is 2.28 bits per heavy atom. The first-order chi connectivity index (χ1) is 12.0. The third kappa shape index (κ3) is 3.98. The Hall–Kier alpha value is -3.27. The Bertz CT molecular complexity index is 920. The standard InChI is InChI=1S/C15H12N4O5S/c1-23-11-4-2-3-9(5-11)12-6-10(18-24-12)7-13(20)17-15-16-8-14(25-15)19(21)22/h2-6,8H,7H2,1H3,(H,16,17,20). The first-order valence-electron chi connectivity index (χ1n) is 7.05. The van der Waals surface area contributed by atoms with E-state index in [0.717, 1.165) is 23.1 Å². The summed E-state index contributed by atoms with van der Waals surface area (Å²) < 4.78 is 10.4. The molecule has 0 radical (unpaired) electrons. The molecule has 0 unspecified atom stereocenters. The summed E-state index contributed by atoms with van der Waals surface area (Å²) in [5.74, 6) is 0.792. The van der Waals surface area contributed by atoms with Crippen molar-refractivity contribution in [2.45, 2.75) is 6.42 Å². The van der Waals surface area contributed by atoms with E-state index < -0.39 is 10.8 Å². The monoisotopic (exact) mass is 360 g/mol. The number of amides is 1. The number of ether oxygens (including phenoxy) is 1. The van der Waals surface area contributed by atoms with E-state index in [0.29, 0.717) is 17.2 Å². The molecule has 0 bridgehead atoms. The number of aromatic nitrogens is 2. The molecule has 2 aromatic heterocycles. The van der Waals surface area contributed by atoms with Crippen LogP contribution < -0.4 is 10.1 Å². The molecule has 0 atom stereocenters. The van der Waals surface area contributed by atoms with Gasteiger partial charge in [0.15, 0.2) is 10.9 Å². The molecule has 0 aliphatic heterocycles. The highest BCUT2D eigenvalue weighted by Gasteiger charge is 2.15. The van der Waals surface area contributed by atoms with Gasteiger partial charge in [-0.3, -0.25) is 14.9 Å². The van der Waals surface area contributed by atoms with Crippen LogP contribution in [0.1, 0.15) is 5.69 Å². The summed E-state index contributed by atoms with van der Waals surface area (Å²) in [5.41, 5.74) is 1.20. The van der Waals surface area contributed by atoms with Gasteiger partial charge in [-0.15, -0.1) is 0 Å². The fraction of sp³-hybridized carbons (Fsp3) is 0.133. The van der Waals surface area contributed by atoms with Crippen molar-refractivity contribution in [2.24, 2.45) is 0 Å². The Kier molecular flexibility index (Phi) is 4.70. The molecule has 3 rings (SSSR count). The molecule has 1 amide bonds. The topological polar surface area (TPSA) is 120 Å². The number of nitrogens with zero attached hydrogens (tertiary/aromatic N) is 3. The summed E-state index contributed by atoms with van der Waals surface area (Å²) in [4.78, 5) is 25.8. The minimum Gasteiger partial charge on any atom is -0.497 e. The van der Waals surface area contributed by atoms with Crippen LogP contribution in [0.3, 0.4) is 0 Å². The summed E-state index contributed by atoms with van der Waals surface area (Å²) in [6.07, 6.45) is 1.05. The molecule has 128 valence electrons. The van der Waals surface area contributed by atoms with Crippen LogP contribution in [-0.2, 0) is 11.2 Å². The van der Waals surface area contributed by atoms with Crippen molar-refractivity contribution in [1.29, 1.82) is 0 Å². The minimum atomic E-state index is -0.564. The van der Waals surface area contributed by atoms with Gasteiger partial charge in [0.05, 0.1) is 24.1 Å². The van der Waals surface area contributed by atoms with Gasteiger partial charge in [0.2, 0.25) is 5.91 Å². The third-order valence-corrected chi connectivity index (χ3v) is 4.04. The van der Waals surface area contributed by atoms with Gasteiger partial charge in [-0.25, -0.2) is 4.98 Å². The summed E-state index contributed by atoms with van der Waals surface area (Å²) in [6, 6.07) is 8.90. The number of methoxy groups -OCH3 is 1. The fourth-order valence-electron chi connectivity index (χ4n) is 2.04. The van der Waals surface area contributed by atoms with Gasteiger partial charge in [0.25, 0.3) is 0 Å². The molecular formula is C15H12N4O5S. The molecular weight excluding hydrogens is 348 g/mol. The van der Waals surface area contributed by atoms with Crippen LogP contribution in [0.4, 0.5) is 10.1 Å². The van der Waals surface area contributed by atoms with Crippen LogP contribution in [0, 0.1) is 10.1 Å². The van der Waals surface area contributed by atoms with Gasteiger partial charge in [-0.1, -0.05) is 17.3 Å². The van der Waals surface area contributed by atoms with E-state index in [1.54, 1.807) is 25.3 Å². The van der Waals surface area contributed by atoms with Crippen LogP contribution in [-0.4, -0.2) is 28.1 Å². The molecule has 0 fully saturated rings. The zero-order chi connectivity index (χ0) is 17.8. The quantitative estimate of drug-likeness (QED) is 0.530. The van der Waals surface area contributed by atoms with E-state index in [9.17, 15) is 14.9 Å². The lowest BCUT2D eigenvalue weighted by atomic mass is 10.1. The average molecular weight is 360 g/mol. The largest absolute Gasteiger partial charge is 0.497 e. The molecule has 3 aromatic rings. The van der Waals surface area contributed by atoms with Crippen molar-refractivity contribution in [3.05, 3.63) is 52.3 Å². The number of rotatable bonds is 6. The fourth-order valence-corrected chi connectivity index (χ4v) is 2.69. The van der Waals surface area contributed by atoms with Crippen molar-refractivity contribution in [2.75, 3.05) is 12.4 Å². The highest BCUT2D eigenvalue weighted by atomic mass is 32.1. The number of hydrogen-bond acceptors (Lipinski definition) is 8. The summed E-state index contributed by atoms with van der Waals surface area (Å²) >= 11 is 0.786. The lowest BCUT2D eigenvalue weighted by molar-refractivity contribution is -0.380. The molecule has 25 heavy (non-hydrogen) atoms. The molecule has 0 aliphatic rings. The van der Waals surface area contributed by atoms with Crippen LogP contribution >= 0.6 is 11.3 Å². The van der Waals surface area contributed by atoms with E-state index in [-0.39, 0.29) is 16.6 Å². The SMILES string of the molecule is COc1cccc(-c2cc(CC(=O)Nc3ncc([N+](=O)[O-])s3)no2)c1. The molecule has 0 spiro atoms. The first-order valence-corrected chi connectivity index (χ1v) is 7.87. The number of thiazole rings is 1. The van der Waals surface area contributed by atoms with E-state index in [1.165, 1.54) is 0 Å². The van der Waals surface area contributed by atoms with E-state index in [1.807, 2.05) is 12.1 Å². The van der Waals surface area contributed by atoms with Crippen LogP contribution in [0.15, 0.2) is 41.1 Å². The second-order valence-electron chi connectivity index (χ2n) is 4.90. The third-order valence-electron chi connectivity index (χ3n) is 3.17. The predicted molar refractivity (Wildman–Crippen MR) is 89.6 cm³/mol. The second-order valence-corrected chi connectivity index (χ2v) is 5.91. The molecule has 0 saturated heterocycles. The summed E-state index contributed by atoms with van der Waals surface area (Å²) in [5, 5.41) is 17.0. The highest BCUT2D eigenvalue weighted by Crippen LogP contribution is 2.26. The molecule has 0 saturated carbocycles. The van der Waals surface area contributed by atoms with Gasteiger partial charge in [0, 0.05) is 11.6 Å². The van der Waals surface area contributed by atoms with Gasteiger partial charge in [-0.05, 0) is 23.5 Å². The maximum Gasteiger partial charge on any atom is 0.345 e. The molecule has 1 N–H and O–H groups in total. The molecule has 10 heteroatoms. The highest BCUT2D eigenvalue weighted by molar-refractivity contribution is 7.18. The first kappa shape index (κ1) is 16.6. The zero-order valence-corrected chi connectivity index (χ0v) is 13.8. The van der Waals surface area contributed by atoms with Crippen molar-refractivity contribution < 1.29 is 19.0 Å². The Morgan fingerprint density at radius 1 is 1.44 bits per heavy atom. The van der Waals surface area contributed by atoms with Crippen LogP contribution in [0.2, 0.25) is 0 Å². The van der Waals surface area contributed by atoms with Crippen molar-refractivity contribution in [1.82, 2.24) is 10.1 Å². The predicted octanol–water partition coefficient (Wildman–Crippen LogP) is 2.90. The van der Waals surface area contributed by atoms with E-state index in [2.05, 4.69) is 15.5 Å². The summed E-state index contributed by atoms with van der Waals surface area (Å²) in [6.45, 7) is 0. The number of nitro groups is 1. The van der Waals surface area contributed by atoms with Gasteiger partial charge in [0.1, 0.15) is 11.9 Å². The number of anilines is 1. The number of benzene rings is 1. The Balaban J connectivity index is 1.66. The molecule has 0 aliphatic carbocycles. The number of nitrogens with one attached hydrogen (secondary N) is 1. The Labute approximate surface area is 145 Å². The van der Waals surface area contributed by atoms with E-state index in [4.69, 9.17) is 9.26 Å². The average Bonchev–Trinajstić information content (AvgIpc) is 3.24. The number of carbonyl (C=O) groups excluding carboxylic acids is 1.